The number of aromatic nitrogens is 3. The Morgan fingerprint density at radius 1 is 0.933 bits per heavy atom. The van der Waals surface area contributed by atoms with Crippen molar-refractivity contribution in [3.63, 3.8) is 0 Å². The third-order valence-electron chi connectivity index (χ3n) is 4.40. The molecule has 3 rings (SSSR count). The predicted octanol–water partition coefficient (Wildman–Crippen LogP) is 4.45. The van der Waals surface area contributed by atoms with Crippen molar-refractivity contribution in [1.29, 1.82) is 0 Å². The summed E-state index contributed by atoms with van der Waals surface area (Å²) in [5.41, 5.74) is 3.27. The van der Waals surface area contributed by atoms with Gasteiger partial charge in [-0.15, -0.1) is 10.2 Å². The largest absolute Gasteiger partial charge is 0.490 e. The van der Waals surface area contributed by atoms with Crippen LogP contribution in [-0.4, -0.2) is 40.9 Å². The first kappa shape index (κ1) is 21.4. The summed E-state index contributed by atoms with van der Waals surface area (Å²) in [6.45, 7) is 9.74. The molecule has 0 aliphatic heterocycles. The molecule has 0 aliphatic rings. The molecule has 1 heterocycles. The SMILES string of the molecule is CCOc1cc(/C=N\n2cnnc2)ccc1OCCOc1cc(C)ccc1C(C)C. The summed E-state index contributed by atoms with van der Waals surface area (Å²) in [5, 5.41) is 11.7. The van der Waals surface area contributed by atoms with Gasteiger partial charge in [0, 0.05) is 0 Å². The first-order valence-corrected chi connectivity index (χ1v) is 10.1. The Hall–Kier alpha value is -3.35. The summed E-state index contributed by atoms with van der Waals surface area (Å²) < 4.78 is 19.2. The highest BCUT2D eigenvalue weighted by atomic mass is 16.5. The molecule has 3 aromatic rings. The summed E-state index contributed by atoms with van der Waals surface area (Å²) >= 11 is 0. The molecule has 0 saturated heterocycles. The first-order chi connectivity index (χ1) is 14.6. The fourth-order valence-electron chi connectivity index (χ4n) is 2.93. The smallest absolute Gasteiger partial charge is 0.161 e. The van der Waals surface area contributed by atoms with E-state index in [-0.39, 0.29) is 0 Å². The van der Waals surface area contributed by atoms with Crippen LogP contribution in [0.2, 0.25) is 0 Å². The molecule has 0 fully saturated rings. The normalized spacial score (nSPS) is 11.2. The average molecular weight is 409 g/mol. The Bertz CT molecular complexity index is 969. The van der Waals surface area contributed by atoms with Gasteiger partial charge in [0.25, 0.3) is 0 Å². The van der Waals surface area contributed by atoms with E-state index < -0.39 is 0 Å². The van der Waals surface area contributed by atoms with Gasteiger partial charge in [-0.05, 0) is 60.7 Å². The van der Waals surface area contributed by atoms with E-state index in [1.165, 1.54) is 28.5 Å². The maximum absolute atomic E-state index is 6.00. The first-order valence-electron chi connectivity index (χ1n) is 10.1. The average Bonchev–Trinajstić information content (AvgIpc) is 3.24. The maximum Gasteiger partial charge on any atom is 0.161 e. The standard InChI is InChI=1S/C23H28N4O3/c1-5-28-23-13-19(14-26-27-15-24-25-16-27)7-9-21(23)29-10-11-30-22-12-18(4)6-8-20(22)17(2)3/h6-9,12-17H,5,10-11H2,1-4H3/b26-14-. The lowest BCUT2D eigenvalue weighted by molar-refractivity contribution is 0.207. The van der Waals surface area contributed by atoms with Gasteiger partial charge in [-0.25, -0.2) is 4.68 Å². The van der Waals surface area contributed by atoms with Gasteiger partial charge in [0.2, 0.25) is 0 Å². The Balaban J connectivity index is 1.61. The Labute approximate surface area is 177 Å². The van der Waals surface area contributed by atoms with E-state index in [9.17, 15) is 0 Å². The lowest BCUT2D eigenvalue weighted by atomic mass is 10.0. The van der Waals surface area contributed by atoms with E-state index in [1.807, 2.05) is 25.1 Å². The number of aryl methyl sites for hydroxylation is 1. The monoisotopic (exact) mass is 408 g/mol. The molecule has 7 nitrogen and oxygen atoms in total. The molecule has 0 spiro atoms. The van der Waals surface area contributed by atoms with Crippen molar-refractivity contribution in [2.24, 2.45) is 5.10 Å². The molecule has 1 aromatic heterocycles. The summed E-state index contributed by atoms with van der Waals surface area (Å²) in [7, 11) is 0. The van der Waals surface area contributed by atoms with Crippen LogP contribution < -0.4 is 14.2 Å². The quantitative estimate of drug-likeness (QED) is 0.366. The number of rotatable bonds is 10. The summed E-state index contributed by atoms with van der Waals surface area (Å²) in [6, 6.07) is 12.0. The van der Waals surface area contributed by atoms with E-state index in [1.54, 1.807) is 6.21 Å². The van der Waals surface area contributed by atoms with Gasteiger partial charge in [0.05, 0.1) is 12.8 Å². The Morgan fingerprint density at radius 3 is 2.37 bits per heavy atom. The topological polar surface area (TPSA) is 70.8 Å². The van der Waals surface area contributed by atoms with E-state index in [0.717, 1.165) is 11.3 Å². The highest BCUT2D eigenvalue weighted by molar-refractivity contribution is 5.80. The molecule has 158 valence electrons. The summed E-state index contributed by atoms with van der Waals surface area (Å²) in [4.78, 5) is 0. The van der Waals surface area contributed by atoms with Crippen LogP contribution in [0.3, 0.4) is 0 Å². The number of ether oxygens (including phenoxy) is 3. The molecular weight excluding hydrogens is 380 g/mol. The van der Waals surface area contributed by atoms with Gasteiger partial charge >= 0.3 is 0 Å². The minimum absolute atomic E-state index is 0.401. The third kappa shape index (κ3) is 5.83. The molecule has 0 atom stereocenters. The van der Waals surface area contributed by atoms with Crippen LogP contribution in [0.4, 0.5) is 0 Å². The van der Waals surface area contributed by atoms with E-state index in [4.69, 9.17) is 14.2 Å². The van der Waals surface area contributed by atoms with Crippen LogP contribution in [0.1, 0.15) is 43.4 Å². The molecule has 0 unspecified atom stereocenters. The molecule has 2 aromatic carbocycles. The third-order valence-corrected chi connectivity index (χ3v) is 4.40. The van der Waals surface area contributed by atoms with E-state index in [0.29, 0.717) is 37.2 Å². The van der Waals surface area contributed by atoms with Crippen LogP contribution in [0.5, 0.6) is 17.2 Å². The summed E-state index contributed by atoms with van der Waals surface area (Å²) in [5.74, 6) is 2.66. The van der Waals surface area contributed by atoms with Gasteiger partial charge in [0.1, 0.15) is 31.6 Å². The van der Waals surface area contributed by atoms with Crippen molar-refractivity contribution in [3.05, 3.63) is 65.7 Å². The van der Waals surface area contributed by atoms with Crippen molar-refractivity contribution >= 4 is 6.21 Å². The van der Waals surface area contributed by atoms with Gasteiger partial charge in [0.15, 0.2) is 11.5 Å². The van der Waals surface area contributed by atoms with Crippen molar-refractivity contribution in [2.45, 2.75) is 33.6 Å². The second-order valence-electron chi connectivity index (χ2n) is 7.12. The minimum Gasteiger partial charge on any atom is -0.490 e. The highest BCUT2D eigenvalue weighted by Crippen LogP contribution is 2.29. The number of hydrogen-bond donors (Lipinski definition) is 0. The molecule has 30 heavy (non-hydrogen) atoms. The number of benzene rings is 2. The fourth-order valence-corrected chi connectivity index (χ4v) is 2.93. The summed E-state index contributed by atoms with van der Waals surface area (Å²) in [6.07, 6.45) is 4.76. The van der Waals surface area contributed by atoms with Gasteiger partial charge in [-0.1, -0.05) is 26.0 Å². The van der Waals surface area contributed by atoms with Gasteiger partial charge in [-0.3, -0.25) is 0 Å². The van der Waals surface area contributed by atoms with Crippen LogP contribution >= 0.6 is 0 Å². The molecular formula is C23H28N4O3. The van der Waals surface area contributed by atoms with Crippen molar-refractivity contribution < 1.29 is 14.2 Å². The fraction of sp³-hybridized carbons (Fsp3) is 0.348. The predicted molar refractivity (Wildman–Crippen MR) is 117 cm³/mol. The molecule has 0 bridgehead atoms. The van der Waals surface area contributed by atoms with Crippen molar-refractivity contribution in [2.75, 3.05) is 19.8 Å². The van der Waals surface area contributed by atoms with Gasteiger partial charge < -0.3 is 14.2 Å². The zero-order chi connectivity index (χ0) is 21.3. The lowest BCUT2D eigenvalue weighted by Gasteiger charge is -2.16. The molecule has 0 amide bonds. The van der Waals surface area contributed by atoms with Crippen LogP contribution in [0.25, 0.3) is 0 Å². The van der Waals surface area contributed by atoms with Crippen molar-refractivity contribution in [1.82, 2.24) is 14.9 Å². The molecule has 0 N–H and O–H groups in total. The Morgan fingerprint density at radius 2 is 1.67 bits per heavy atom. The number of hydrogen-bond acceptors (Lipinski definition) is 6. The van der Waals surface area contributed by atoms with E-state index >= 15 is 0 Å². The van der Waals surface area contributed by atoms with Crippen LogP contribution in [0, 0.1) is 6.92 Å². The maximum atomic E-state index is 6.00. The van der Waals surface area contributed by atoms with Crippen LogP contribution in [0.15, 0.2) is 54.2 Å². The van der Waals surface area contributed by atoms with Crippen molar-refractivity contribution in [3.8, 4) is 17.2 Å². The molecule has 7 heteroatoms. The minimum atomic E-state index is 0.401. The molecule has 0 radical (unpaired) electrons. The second kappa shape index (κ2) is 10.4. The molecule has 0 aliphatic carbocycles. The highest BCUT2D eigenvalue weighted by Gasteiger charge is 2.09. The number of nitrogens with zero attached hydrogens (tertiary/aromatic N) is 4. The lowest BCUT2D eigenvalue weighted by Crippen LogP contribution is -2.11. The van der Waals surface area contributed by atoms with Gasteiger partial charge in [-0.2, -0.15) is 5.10 Å². The second-order valence-corrected chi connectivity index (χ2v) is 7.12. The zero-order valence-corrected chi connectivity index (χ0v) is 17.9. The van der Waals surface area contributed by atoms with E-state index in [2.05, 4.69) is 54.3 Å². The Kier molecular flexibility index (Phi) is 7.43. The molecule has 0 saturated carbocycles. The van der Waals surface area contributed by atoms with Crippen LogP contribution in [-0.2, 0) is 0 Å². The zero-order valence-electron chi connectivity index (χ0n) is 17.9.